The highest BCUT2D eigenvalue weighted by Crippen LogP contribution is 2.22. The molecular formula is C19H16ClNO3. The number of hydrogen-bond acceptors (Lipinski definition) is 3. The molecular weight excluding hydrogens is 326 g/mol. The Balaban J connectivity index is 1.74. The van der Waals surface area contributed by atoms with E-state index in [4.69, 9.17) is 16.3 Å². The van der Waals surface area contributed by atoms with Crippen molar-refractivity contribution in [1.82, 2.24) is 4.98 Å². The molecule has 0 bridgehead atoms. The van der Waals surface area contributed by atoms with Crippen molar-refractivity contribution in [2.75, 3.05) is 6.61 Å². The summed E-state index contributed by atoms with van der Waals surface area (Å²) in [5.41, 5.74) is 2.99. The molecule has 0 saturated carbocycles. The Hall–Kier alpha value is -2.59. The summed E-state index contributed by atoms with van der Waals surface area (Å²) in [6, 6.07) is 12.2. The first-order valence-corrected chi connectivity index (χ1v) is 8.02. The largest absolute Gasteiger partial charge is 0.454 e. The van der Waals surface area contributed by atoms with Crippen LogP contribution in [0.5, 0.6) is 0 Å². The number of H-pyrrole nitrogens is 1. The van der Waals surface area contributed by atoms with Gasteiger partial charge in [-0.15, -0.1) is 0 Å². The van der Waals surface area contributed by atoms with Crippen molar-refractivity contribution in [2.45, 2.75) is 13.3 Å². The normalized spacial score (nSPS) is 10.8. The predicted molar refractivity (Wildman–Crippen MR) is 93.7 cm³/mol. The number of halogens is 1. The molecule has 0 amide bonds. The highest BCUT2D eigenvalue weighted by Gasteiger charge is 2.16. The summed E-state index contributed by atoms with van der Waals surface area (Å²) in [6.45, 7) is 1.76. The third kappa shape index (κ3) is 3.19. The lowest BCUT2D eigenvalue weighted by Gasteiger charge is -2.04. The second kappa shape index (κ2) is 6.89. The molecule has 1 aromatic heterocycles. The van der Waals surface area contributed by atoms with Crippen LogP contribution in [-0.2, 0) is 11.2 Å². The Morgan fingerprint density at radius 2 is 1.88 bits per heavy atom. The average Bonchev–Trinajstić information content (AvgIpc) is 3.04. The summed E-state index contributed by atoms with van der Waals surface area (Å²) in [6.07, 6.45) is 2.54. The van der Waals surface area contributed by atoms with Gasteiger partial charge in [-0.2, -0.15) is 0 Å². The van der Waals surface area contributed by atoms with Crippen LogP contribution in [-0.4, -0.2) is 23.3 Å². The second-order valence-electron chi connectivity index (χ2n) is 5.40. The van der Waals surface area contributed by atoms with E-state index in [0.29, 0.717) is 16.1 Å². The second-order valence-corrected chi connectivity index (χ2v) is 5.84. The number of para-hydroxylation sites is 1. The van der Waals surface area contributed by atoms with Crippen molar-refractivity contribution in [1.29, 1.82) is 0 Å². The number of aromatic nitrogens is 1. The SMILES string of the molecule is CCc1cccc2c(C(=O)COC(=O)c3ccc(Cl)cc3)c[nH]c12. The van der Waals surface area contributed by atoms with Gasteiger partial charge in [0.15, 0.2) is 6.61 Å². The number of benzene rings is 2. The number of carbonyl (C=O) groups is 2. The number of aryl methyl sites for hydroxylation is 1. The van der Waals surface area contributed by atoms with E-state index < -0.39 is 5.97 Å². The average molecular weight is 342 g/mol. The van der Waals surface area contributed by atoms with E-state index in [1.165, 1.54) is 0 Å². The van der Waals surface area contributed by atoms with Gasteiger partial charge in [0.05, 0.1) is 5.56 Å². The van der Waals surface area contributed by atoms with Gasteiger partial charge < -0.3 is 9.72 Å². The van der Waals surface area contributed by atoms with E-state index in [0.717, 1.165) is 22.9 Å². The first kappa shape index (κ1) is 16.3. The quantitative estimate of drug-likeness (QED) is 0.552. The van der Waals surface area contributed by atoms with E-state index in [2.05, 4.69) is 11.9 Å². The van der Waals surface area contributed by atoms with E-state index in [9.17, 15) is 9.59 Å². The molecule has 5 heteroatoms. The Morgan fingerprint density at radius 1 is 1.12 bits per heavy atom. The number of carbonyl (C=O) groups excluding carboxylic acids is 2. The lowest BCUT2D eigenvalue weighted by Crippen LogP contribution is -2.14. The molecule has 0 saturated heterocycles. The molecule has 1 N–H and O–H groups in total. The predicted octanol–water partition coefficient (Wildman–Crippen LogP) is 4.42. The maximum absolute atomic E-state index is 12.4. The van der Waals surface area contributed by atoms with Gasteiger partial charge in [0.2, 0.25) is 5.78 Å². The van der Waals surface area contributed by atoms with Crippen molar-refractivity contribution in [3.63, 3.8) is 0 Å². The Morgan fingerprint density at radius 3 is 2.58 bits per heavy atom. The zero-order valence-corrected chi connectivity index (χ0v) is 13.9. The lowest BCUT2D eigenvalue weighted by molar-refractivity contribution is 0.0475. The fraction of sp³-hybridized carbons (Fsp3) is 0.158. The molecule has 3 rings (SSSR count). The third-order valence-corrected chi connectivity index (χ3v) is 4.15. The maximum Gasteiger partial charge on any atom is 0.338 e. The molecule has 0 atom stereocenters. The van der Waals surface area contributed by atoms with Gasteiger partial charge in [0.1, 0.15) is 0 Å². The van der Waals surface area contributed by atoms with Crippen LogP contribution >= 0.6 is 11.6 Å². The van der Waals surface area contributed by atoms with Crippen molar-refractivity contribution in [3.05, 3.63) is 70.4 Å². The van der Waals surface area contributed by atoms with Gasteiger partial charge in [-0.3, -0.25) is 4.79 Å². The maximum atomic E-state index is 12.4. The van der Waals surface area contributed by atoms with Crippen molar-refractivity contribution < 1.29 is 14.3 Å². The van der Waals surface area contributed by atoms with Gasteiger partial charge in [-0.25, -0.2) is 4.79 Å². The zero-order chi connectivity index (χ0) is 17.1. The Bertz CT molecular complexity index is 897. The van der Waals surface area contributed by atoms with Crippen LogP contribution in [0.2, 0.25) is 5.02 Å². The van der Waals surface area contributed by atoms with E-state index >= 15 is 0 Å². The minimum atomic E-state index is -0.547. The summed E-state index contributed by atoms with van der Waals surface area (Å²) in [5.74, 6) is -0.786. The number of fused-ring (bicyclic) bond motifs is 1. The fourth-order valence-corrected chi connectivity index (χ4v) is 2.75. The number of Topliss-reactive ketones (excluding diaryl/α,β-unsaturated/α-hetero) is 1. The fourth-order valence-electron chi connectivity index (χ4n) is 2.62. The van der Waals surface area contributed by atoms with E-state index in [1.807, 2.05) is 18.2 Å². The Labute approximate surface area is 144 Å². The lowest BCUT2D eigenvalue weighted by atomic mass is 10.1. The highest BCUT2D eigenvalue weighted by atomic mass is 35.5. The van der Waals surface area contributed by atoms with Gasteiger partial charge >= 0.3 is 5.97 Å². The third-order valence-electron chi connectivity index (χ3n) is 3.90. The van der Waals surface area contributed by atoms with Crippen molar-refractivity contribution in [2.24, 2.45) is 0 Å². The first-order chi connectivity index (χ1) is 11.6. The topological polar surface area (TPSA) is 59.2 Å². The van der Waals surface area contributed by atoms with Crippen LogP contribution in [0, 0.1) is 0 Å². The highest BCUT2D eigenvalue weighted by molar-refractivity contribution is 6.30. The minimum Gasteiger partial charge on any atom is -0.454 e. The summed E-state index contributed by atoms with van der Waals surface area (Å²) < 4.78 is 5.11. The van der Waals surface area contributed by atoms with Crippen LogP contribution in [0.4, 0.5) is 0 Å². The van der Waals surface area contributed by atoms with Crippen LogP contribution in [0.3, 0.4) is 0 Å². The summed E-state index contributed by atoms with van der Waals surface area (Å²) in [7, 11) is 0. The first-order valence-electron chi connectivity index (χ1n) is 7.65. The standard InChI is InChI=1S/C19H16ClNO3/c1-2-12-4-3-5-15-16(10-21-18(12)15)17(22)11-24-19(23)13-6-8-14(20)9-7-13/h3-10,21H,2,11H2,1H3. The van der Waals surface area contributed by atoms with Gasteiger partial charge in [0, 0.05) is 27.7 Å². The van der Waals surface area contributed by atoms with Gasteiger partial charge in [-0.05, 0) is 36.2 Å². The van der Waals surface area contributed by atoms with Crippen molar-refractivity contribution in [3.8, 4) is 0 Å². The van der Waals surface area contributed by atoms with Crippen LogP contribution in [0.25, 0.3) is 10.9 Å². The van der Waals surface area contributed by atoms with Gasteiger partial charge in [0.25, 0.3) is 0 Å². The van der Waals surface area contributed by atoms with Crippen LogP contribution < -0.4 is 0 Å². The molecule has 24 heavy (non-hydrogen) atoms. The molecule has 1 heterocycles. The summed E-state index contributed by atoms with van der Waals surface area (Å²) in [4.78, 5) is 27.5. The molecule has 2 aromatic carbocycles. The number of ether oxygens (including phenoxy) is 1. The van der Waals surface area contributed by atoms with Crippen LogP contribution in [0.15, 0.2) is 48.7 Å². The van der Waals surface area contributed by atoms with Crippen LogP contribution in [0.1, 0.15) is 33.2 Å². The number of ketones is 1. The molecule has 4 nitrogen and oxygen atoms in total. The number of esters is 1. The Kier molecular flexibility index (Phi) is 4.67. The van der Waals surface area contributed by atoms with E-state index in [1.54, 1.807) is 30.5 Å². The molecule has 0 radical (unpaired) electrons. The molecule has 0 aliphatic heterocycles. The molecule has 122 valence electrons. The summed E-state index contributed by atoms with van der Waals surface area (Å²) in [5, 5.41) is 1.38. The molecule has 0 aliphatic carbocycles. The smallest absolute Gasteiger partial charge is 0.338 e. The number of nitrogens with one attached hydrogen (secondary N) is 1. The monoisotopic (exact) mass is 341 g/mol. The zero-order valence-electron chi connectivity index (χ0n) is 13.1. The molecule has 0 spiro atoms. The molecule has 0 aliphatic rings. The minimum absolute atomic E-state index is 0.239. The molecule has 3 aromatic rings. The molecule has 0 fully saturated rings. The number of rotatable bonds is 5. The number of hydrogen-bond donors (Lipinski definition) is 1. The number of aromatic amines is 1. The van der Waals surface area contributed by atoms with Gasteiger partial charge in [-0.1, -0.05) is 36.7 Å². The summed E-state index contributed by atoms with van der Waals surface area (Å²) >= 11 is 5.78. The molecule has 0 unspecified atom stereocenters. The van der Waals surface area contributed by atoms with E-state index in [-0.39, 0.29) is 12.4 Å². The van der Waals surface area contributed by atoms with Crippen molar-refractivity contribution >= 4 is 34.3 Å².